The highest BCUT2D eigenvalue weighted by molar-refractivity contribution is 5.93. The molecule has 0 amide bonds. The number of esters is 1. The Balaban J connectivity index is 2.36. The number of imidazole rings is 1. The maximum Gasteiger partial charge on any atom is 0.338 e. The van der Waals surface area contributed by atoms with Crippen molar-refractivity contribution in [3.8, 4) is 0 Å². The molecule has 23 heavy (non-hydrogen) atoms. The van der Waals surface area contributed by atoms with Crippen molar-refractivity contribution in [2.24, 2.45) is 0 Å². The zero-order valence-electron chi connectivity index (χ0n) is 14.3. The van der Waals surface area contributed by atoms with Crippen LogP contribution in [0.2, 0.25) is 0 Å². The van der Waals surface area contributed by atoms with Gasteiger partial charge in [0, 0.05) is 13.6 Å². The molecule has 0 fully saturated rings. The van der Waals surface area contributed by atoms with Crippen LogP contribution in [0.25, 0.3) is 0 Å². The molecule has 1 heterocycles. The van der Waals surface area contributed by atoms with E-state index in [9.17, 15) is 4.79 Å². The molecule has 1 aromatic carbocycles. The minimum absolute atomic E-state index is 0.365. The molecule has 0 aliphatic carbocycles. The molecule has 6 nitrogen and oxygen atoms in total. The Morgan fingerprint density at radius 3 is 2.70 bits per heavy atom. The van der Waals surface area contributed by atoms with E-state index in [1.807, 2.05) is 44.2 Å². The highest BCUT2D eigenvalue weighted by Crippen LogP contribution is 2.30. The molecular formula is C17H24N4O2. The van der Waals surface area contributed by atoms with Gasteiger partial charge in [0.15, 0.2) is 0 Å². The molecule has 0 radical (unpaired) electrons. The molecule has 0 spiro atoms. The maximum absolute atomic E-state index is 12.3. The Labute approximate surface area is 136 Å². The number of hydrogen-bond donors (Lipinski definition) is 1. The summed E-state index contributed by atoms with van der Waals surface area (Å²) in [4.78, 5) is 18.3. The summed E-state index contributed by atoms with van der Waals surface area (Å²) in [7, 11) is 1.90. The van der Waals surface area contributed by atoms with E-state index in [0.29, 0.717) is 11.3 Å². The first-order chi connectivity index (χ1) is 10.7. The Kier molecular flexibility index (Phi) is 4.63. The van der Waals surface area contributed by atoms with Gasteiger partial charge in [0.2, 0.25) is 0 Å². The summed E-state index contributed by atoms with van der Waals surface area (Å²) >= 11 is 0. The number of benzene rings is 1. The van der Waals surface area contributed by atoms with Crippen molar-refractivity contribution in [1.29, 1.82) is 0 Å². The summed E-state index contributed by atoms with van der Waals surface area (Å²) < 4.78 is 7.42. The molecule has 1 aromatic heterocycles. The molecule has 6 heteroatoms. The third kappa shape index (κ3) is 3.83. The second kappa shape index (κ2) is 6.32. The number of anilines is 3. The lowest BCUT2D eigenvalue weighted by Gasteiger charge is -2.23. The molecule has 2 rings (SSSR count). The van der Waals surface area contributed by atoms with E-state index in [-0.39, 0.29) is 5.97 Å². The van der Waals surface area contributed by atoms with E-state index in [2.05, 4.69) is 4.98 Å². The monoisotopic (exact) mass is 316 g/mol. The van der Waals surface area contributed by atoms with Crippen molar-refractivity contribution < 1.29 is 9.53 Å². The lowest BCUT2D eigenvalue weighted by Crippen LogP contribution is -2.24. The van der Waals surface area contributed by atoms with Crippen LogP contribution in [-0.4, -0.2) is 28.2 Å². The summed E-state index contributed by atoms with van der Waals surface area (Å²) in [5.41, 5.74) is 7.35. The molecule has 0 atom stereocenters. The van der Waals surface area contributed by atoms with Gasteiger partial charge in [-0.2, -0.15) is 0 Å². The highest BCUT2D eigenvalue weighted by Gasteiger charge is 2.20. The maximum atomic E-state index is 12.3. The molecule has 0 aliphatic rings. The van der Waals surface area contributed by atoms with Crippen molar-refractivity contribution in [2.75, 3.05) is 17.7 Å². The second-order valence-corrected chi connectivity index (χ2v) is 6.37. The summed E-state index contributed by atoms with van der Waals surface area (Å²) in [5.74, 6) is 0.539. The minimum Gasteiger partial charge on any atom is -0.456 e. The van der Waals surface area contributed by atoms with Crippen LogP contribution in [0.4, 0.5) is 17.2 Å². The normalized spacial score (nSPS) is 11.3. The molecule has 0 bridgehead atoms. The topological polar surface area (TPSA) is 73.4 Å². The number of nitrogens with zero attached hydrogens (tertiary/aromatic N) is 3. The Hall–Kier alpha value is -2.50. The van der Waals surface area contributed by atoms with E-state index in [4.69, 9.17) is 10.5 Å². The first kappa shape index (κ1) is 16.9. The van der Waals surface area contributed by atoms with Crippen LogP contribution < -0.4 is 10.6 Å². The van der Waals surface area contributed by atoms with Gasteiger partial charge in [0.1, 0.15) is 11.4 Å². The number of ether oxygens (including phenoxy) is 1. The standard InChI is InChI=1S/C17H24N4O2/c1-6-21-11-19-10-15(21)20(5)14-9-12(7-8-13(14)18)16(22)23-17(2,3)4/h7-11H,6,18H2,1-5H3. The molecule has 0 unspecified atom stereocenters. The van der Waals surface area contributed by atoms with E-state index in [1.165, 1.54) is 0 Å². The predicted molar refractivity (Wildman–Crippen MR) is 92.0 cm³/mol. The average molecular weight is 316 g/mol. The van der Waals surface area contributed by atoms with Crippen molar-refractivity contribution in [2.45, 2.75) is 39.8 Å². The number of aromatic nitrogens is 2. The Morgan fingerprint density at radius 2 is 2.09 bits per heavy atom. The number of carbonyl (C=O) groups excluding carboxylic acids is 1. The largest absolute Gasteiger partial charge is 0.456 e. The van der Waals surface area contributed by atoms with Crippen molar-refractivity contribution in [3.05, 3.63) is 36.3 Å². The first-order valence-electron chi connectivity index (χ1n) is 7.59. The summed E-state index contributed by atoms with van der Waals surface area (Å²) in [6.07, 6.45) is 3.53. The third-order valence-corrected chi connectivity index (χ3v) is 3.40. The van der Waals surface area contributed by atoms with Crippen molar-refractivity contribution >= 4 is 23.2 Å². The SMILES string of the molecule is CCn1cncc1N(C)c1cc(C(=O)OC(C)(C)C)ccc1N. The molecule has 2 aromatic rings. The number of rotatable bonds is 4. The van der Waals surface area contributed by atoms with E-state index in [1.54, 1.807) is 30.7 Å². The quantitative estimate of drug-likeness (QED) is 0.692. The number of aryl methyl sites for hydroxylation is 1. The fraction of sp³-hybridized carbons (Fsp3) is 0.412. The van der Waals surface area contributed by atoms with Crippen LogP contribution in [0, 0.1) is 0 Å². The summed E-state index contributed by atoms with van der Waals surface area (Å²) in [5, 5.41) is 0. The van der Waals surface area contributed by atoms with Crippen LogP contribution in [0.3, 0.4) is 0 Å². The van der Waals surface area contributed by atoms with Crippen molar-refractivity contribution in [3.63, 3.8) is 0 Å². The van der Waals surface area contributed by atoms with E-state index < -0.39 is 5.60 Å². The van der Waals surface area contributed by atoms with Crippen LogP contribution in [-0.2, 0) is 11.3 Å². The fourth-order valence-electron chi connectivity index (χ4n) is 2.26. The van der Waals surface area contributed by atoms with Gasteiger partial charge < -0.3 is 19.9 Å². The molecule has 0 saturated carbocycles. The fourth-order valence-corrected chi connectivity index (χ4v) is 2.26. The van der Waals surface area contributed by atoms with Gasteiger partial charge in [-0.25, -0.2) is 9.78 Å². The lowest BCUT2D eigenvalue weighted by atomic mass is 10.1. The van der Waals surface area contributed by atoms with Gasteiger partial charge in [-0.1, -0.05) is 0 Å². The molecule has 2 N–H and O–H groups in total. The van der Waals surface area contributed by atoms with Crippen LogP contribution in [0.5, 0.6) is 0 Å². The van der Waals surface area contributed by atoms with Gasteiger partial charge in [0.25, 0.3) is 0 Å². The van der Waals surface area contributed by atoms with Gasteiger partial charge in [-0.05, 0) is 45.9 Å². The van der Waals surface area contributed by atoms with E-state index in [0.717, 1.165) is 18.1 Å². The third-order valence-electron chi connectivity index (χ3n) is 3.40. The molecular weight excluding hydrogens is 292 g/mol. The van der Waals surface area contributed by atoms with Crippen LogP contribution in [0.1, 0.15) is 38.1 Å². The van der Waals surface area contributed by atoms with Gasteiger partial charge in [-0.15, -0.1) is 0 Å². The zero-order chi connectivity index (χ0) is 17.2. The predicted octanol–water partition coefficient (Wildman–Crippen LogP) is 3.21. The molecule has 0 aliphatic heterocycles. The average Bonchev–Trinajstić information content (AvgIpc) is 2.93. The summed E-state index contributed by atoms with van der Waals surface area (Å²) in [6, 6.07) is 5.14. The smallest absolute Gasteiger partial charge is 0.338 e. The summed E-state index contributed by atoms with van der Waals surface area (Å²) in [6.45, 7) is 8.37. The second-order valence-electron chi connectivity index (χ2n) is 6.37. The Morgan fingerprint density at radius 1 is 1.39 bits per heavy atom. The van der Waals surface area contributed by atoms with Gasteiger partial charge in [0.05, 0.1) is 29.5 Å². The Bertz CT molecular complexity index is 701. The number of nitrogen functional groups attached to an aromatic ring is 1. The van der Waals surface area contributed by atoms with Crippen LogP contribution in [0.15, 0.2) is 30.7 Å². The number of carbonyl (C=O) groups is 1. The lowest BCUT2D eigenvalue weighted by molar-refractivity contribution is 0.00696. The molecule has 124 valence electrons. The minimum atomic E-state index is -0.536. The number of hydrogen-bond acceptors (Lipinski definition) is 5. The van der Waals surface area contributed by atoms with Crippen LogP contribution >= 0.6 is 0 Å². The van der Waals surface area contributed by atoms with Gasteiger partial charge >= 0.3 is 5.97 Å². The first-order valence-corrected chi connectivity index (χ1v) is 7.59. The zero-order valence-corrected chi connectivity index (χ0v) is 14.3. The van der Waals surface area contributed by atoms with E-state index >= 15 is 0 Å². The number of nitrogens with two attached hydrogens (primary N) is 1. The van der Waals surface area contributed by atoms with Gasteiger partial charge in [-0.3, -0.25) is 0 Å². The van der Waals surface area contributed by atoms with Crippen molar-refractivity contribution in [1.82, 2.24) is 9.55 Å². The highest BCUT2D eigenvalue weighted by atomic mass is 16.6. The molecule has 0 saturated heterocycles.